The maximum Gasteiger partial charge on any atom is 0.223 e. The molecule has 0 bridgehead atoms. The number of aryl methyl sites for hydroxylation is 1. The molecule has 1 aromatic rings. The van der Waals surface area contributed by atoms with Crippen molar-refractivity contribution in [1.82, 2.24) is 4.90 Å². The Kier molecular flexibility index (Phi) is 5.45. The summed E-state index contributed by atoms with van der Waals surface area (Å²) in [6.07, 6.45) is 4.87. The van der Waals surface area contributed by atoms with Gasteiger partial charge in [0, 0.05) is 19.0 Å². The quantitative estimate of drug-likeness (QED) is 0.824. The molecular weight excluding hydrogens is 250 g/mol. The van der Waals surface area contributed by atoms with Gasteiger partial charge >= 0.3 is 0 Å². The lowest BCUT2D eigenvalue weighted by Crippen LogP contribution is -2.42. The van der Waals surface area contributed by atoms with Crippen LogP contribution in [0.3, 0.4) is 0 Å². The largest absolute Gasteiger partial charge is 0.494 e. The Hall–Kier alpha value is -1.51. The molecule has 1 aliphatic heterocycles. The second-order valence-corrected chi connectivity index (χ2v) is 5.47. The van der Waals surface area contributed by atoms with E-state index < -0.39 is 0 Å². The molecule has 0 aromatic heterocycles. The minimum Gasteiger partial charge on any atom is -0.494 e. The molecule has 1 atom stereocenters. The van der Waals surface area contributed by atoms with Crippen molar-refractivity contribution in [2.24, 2.45) is 0 Å². The molecule has 0 N–H and O–H groups in total. The molecule has 0 saturated carbocycles. The summed E-state index contributed by atoms with van der Waals surface area (Å²) in [6.45, 7) is 5.73. The molecule has 1 amide bonds. The summed E-state index contributed by atoms with van der Waals surface area (Å²) in [7, 11) is 0. The van der Waals surface area contributed by atoms with E-state index in [-0.39, 0.29) is 5.91 Å². The summed E-state index contributed by atoms with van der Waals surface area (Å²) in [5.74, 6) is 1.19. The van der Waals surface area contributed by atoms with Gasteiger partial charge in [-0.3, -0.25) is 4.79 Å². The first kappa shape index (κ1) is 14.9. The van der Waals surface area contributed by atoms with Crippen LogP contribution in [0, 0.1) is 0 Å². The van der Waals surface area contributed by atoms with Gasteiger partial charge in [-0.2, -0.15) is 0 Å². The van der Waals surface area contributed by atoms with Crippen LogP contribution in [-0.2, 0) is 11.2 Å². The highest BCUT2D eigenvalue weighted by Gasteiger charge is 2.22. The SMILES string of the molecule is CCOc1ccccc1CCC(=O)N1CCCCC1C. The Balaban J connectivity index is 1.92. The molecule has 3 heteroatoms. The van der Waals surface area contributed by atoms with Gasteiger partial charge in [0.15, 0.2) is 0 Å². The van der Waals surface area contributed by atoms with Crippen LogP contribution in [0.5, 0.6) is 5.75 Å². The standard InChI is InChI=1S/C17H25NO2/c1-3-20-16-10-5-4-9-15(16)11-12-17(19)18-13-7-6-8-14(18)2/h4-5,9-10,14H,3,6-8,11-13H2,1-2H3. The van der Waals surface area contributed by atoms with Gasteiger partial charge in [-0.1, -0.05) is 18.2 Å². The average Bonchev–Trinajstić information content (AvgIpc) is 2.47. The van der Waals surface area contributed by atoms with E-state index >= 15 is 0 Å². The van der Waals surface area contributed by atoms with E-state index in [1.807, 2.05) is 30.0 Å². The Bertz CT molecular complexity index is 444. The number of ether oxygens (including phenoxy) is 1. The molecule has 1 aromatic carbocycles. The second-order valence-electron chi connectivity index (χ2n) is 5.47. The van der Waals surface area contributed by atoms with Crippen LogP contribution >= 0.6 is 0 Å². The number of hydrogen-bond acceptors (Lipinski definition) is 2. The van der Waals surface area contributed by atoms with Crippen LogP contribution in [0.4, 0.5) is 0 Å². The molecule has 1 fully saturated rings. The highest BCUT2D eigenvalue weighted by Crippen LogP contribution is 2.22. The highest BCUT2D eigenvalue weighted by molar-refractivity contribution is 5.77. The van der Waals surface area contributed by atoms with Gasteiger partial charge < -0.3 is 9.64 Å². The molecule has 0 spiro atoms. The van der Waals surface area contributed by atoms with Crippen molar-refractivity contribution in [2.75, 3.05) is 13.2 Å². The third-order valence-corrected chi connectivity index (χ3v) is 4.00. The van der Waals surface area contributed by atoms with Gasteiger partial charge in [0.25, 0.3) is 0 Å². The Morgan fingerprint density at radius 2 is 2.15 bits per heavy atom. The predicted molar refractivity (Wildman–Crippen MR) is 81.0 cm³/mol. The normalized spacial score (nSPS) is 18.9. The molecule has 0 radical (unpaired) electrons. The maximum absolute atomic E-state index is 12.3. The second kappa shape index (κ2) is 7.32. The van der Waals surface area contributed by atoms with Crippen molar-refractivity contribution in [2.45, 2.75) is 52.0 Å². The summed E-state index contributed by atoms with van der Waals surface area (Å²) in [6, 6.07) is 8.41. The molecule has 2 rings (SSSR count). The van der Waals surface area contributed by atoms with Gasteiger partial charge in [-0.25, -0.2) is 0 Å². The third-order valence-electron chi connectivity index (χ3n) is 4.00. The van der Waals surface area contributed by atoms with Crippen molar-refractivity contribution < 1.29 is 9.53 Å². The summed E-state index contributed by atoms with van der Waals surface area (Å²) in [4.78, 5) is 14.4. The van der Waals surface area contributed by atoms with Gasteiger partial charge in [0.05, 0.1) is 6.61 Å². The summed E-state index contributed by atoms with van der Waals surface area (Å²) >= 11 is 0. The fourth-order valence-electron chi connectivity index (χ4n) is 2.86. The van der Waals surface area contributed by atoms with E-state index in [0.29, 0.717) is 19.1 Å². The third kappa shape index (κ3) is 3.75. The average molecular weight is 275 g/mol. The minimum atomic E-state index is 0.281. The van der Waals surface area contributed by atoms with E-state index in [2.05, 4.69) is 13.0 Å². The van der Waals surface area contributed by atoms with Crippen molar-refractivity contribution in [1.29, 1.82) is 0 Å². The van der Waals surface area contributed by atoms with E-state index in [9.17, 15) is 4.79 Å². The molecule has 1 heterocycles. The Morgan fingerprint density at radius 1 is 1.35 bits per heavy atom. The van der Waals surface area contributed by atoms with E-state index in [1.54, 1.807) is 0 Å². The molecular formula is C17H25NO2. The highest BCUT2D eigenvalue weighted by atomic mass is 16.5. The number of carbonyl (C=O) groups is 1. The number of likely N-dealkylation sites (tertiary alicyclic amines) is 1. The van der Waals surface area contributed by atoms with Crippen molar-refractivity contribution >= 4 is 5.91 Å². The maximum atomic E-state index is 12.3. The number of hydrogen-bond donors (Lipinski definition) is 0. The molecule has 3 nitrogen and oxygen atoms in total. The lowest BCUT2D eigenvalue weighted by atomic mass is 10.0. The van der Waals surface area contributed by atoms with Crippen LogP contribution in [-0.4, -0.2) is 30.0 Å². The van der Waals surface area contributed by atoms with Gasteiger partial charge in [-0.05, 0) is 51.2 Å². The Labute approximate surface area is 121 Å². The lowest BCUT2D eigenvalue weighted by Gasteiger charge is -2.33. The zero-order valence-electron chi connectivity index (χ0n) is 12.6. The number of para-hydroxylation sites is 1. The van der Waals surface area contributed by atoms with Crippen LogP contribution in [0.25, 0.3) is 0 Å². The number of benzene rings is 1. The van der Waals surface area contributed by atoms with Gasteiger partial charge in [-0.15, -0.1) is 0 Å². The topological polar surface area (TPSA) is 29.5 Å². The summed E-state index contributed by atoms with van der Waals surface area (Å²) in [5.41, 5.74) is 1.13. The first-order valence-corrected chi connectivity index (χ1v) is 7.72. The number of piperidine rings is 1. The van der Waals surface area contributed by atoms with Crippen molar-refractivity contribution in [3.63, 3.8) is 0 Å². The lowest BCUT2D eigenvalue weighted by molar-refractivity contribution is -0.134. The number of nitrogens with zero attached hydrogens (tertiary/aromatic N) is 1. The van der Waals surface area contributed by atoms with E-state index in [0.717, 1.165) is 37.1 Å². The minimum absolute atomic E-state index is 0.281. The summed E-state index contributed by atoms with van der Waals surface area (Å²) < 4.78 is 5.61. The zero-order valence-corrected chi connectivity index (χ0v) is 12.6. The number of rotatable bonds is 5. The molecule has 1 unspecified atom stereocenters. The van der Waals surface area contributed by atoms with Crippen LogP contribution in [0.15, 0.2) is 24.3 Å². The van der Waals surface area contributed by atoms with E-state index in [1.165, 1.54) is 6.42 Å². The zero-order chi connectivity index (χ0) is 14.4. The Morgan fingerprint density at radius 3 is 2.90 bits per heavy atom. The van der Waals surface area contributed by atoms with Gasteiger partial charge in [0.1, 0.15) is 5.75 Å². The smallest absolute Gasteiger partial charge is 0.223 e. The number of amides is 1. The fraction of sp³-hybridized carbons (Fsp3) is 0.588. The first-order valence-electron chi connectivity index (χ1n) is 7.72. The van der Waals surface area contributed by atoms with Crippen LogP contribution in [0.1, 0.15) is 45.1 Å². The van der Waals surface area contributed by atoms with Crippen molar-refractivity contribution in [3.8, 4) is 5.75 Å². The predicted octanol–water partition coefficient (Wildman–Crippen LogP) is 3.42. The molecule has 0 aliphatic carbocycles. The molecule has 1 aliphatic rings. The fourth-order valence-corrected chi connectivity index (χ4v) is 2.86. The van der Waals surface area contributed by atoms with E-state index in [4.69, 9.17) is 4.74 Å². The van der Waals surface area contributed by atoms with Crippen LogP contribution in [0.2, 0.25) is 0 Å². The van der Waals surface area contributed by atoms with Gasteiger partial charge in [0.2, 0.25) is 5.91 Å². The molecule has 20 heavy (non-hydrogen) atoms. The molecule has 1 saturated heterocycles. The monoisotopic (exact) mass is 275 g/mol. The summed E-state index contributed by atoms with van der Waals surface area (Å²) in [5, 5.41) is 0. The first-order chi connectivity index (χ1) is 9.72. The number of carbonyl (C=O) groups excluding carboxylic acids is 1. The van der Waals surface area contributed by atoms with Crippen molar-refractivity contribution in [3.05, 3.63) is 29.8 Å². The molecule has 110 valence electrons. The van der Waals surface area contributed by atoms with Crippen LogP contribution < -0.4 is 4.74 Å².